The summed E-state index contributed by atoms with van der Waals surface area (Å²) in [5.74, 6) is 0.154. The van der Waals surface area contributed by atoms with Crippen LogP contribution in [0.2, 0.25) is 0 Å². The second kappa shape index (κ2) is 8.81. The van der Waals surface area contributed by atoms with E-state index in [1.165, 1.54) is 0 Å². The minimum atomic E-state index is -0.833. The number of hydrazine groups is 1. The van der Waals surface area contributed by atoms with E-state index in [4.69, 9.17) is 4.74 Å². The van der Waals surface area contributed by atoms with Crippen LogP contribution in [0.15, 0.2) is 78.9 Å². The maximum Gasteiger partial charge on any atom is 0.265 e. The molecule has 3 aromatic rings. The molecule has 31 heavy (non-hydrogen) atoms. The fourth-order valence-corrected chi connectivity index (χ4v) is 3.35. The highest BCUT2D eigenvalue weighted by atomic mass is 16.5. The van der Waals surface area contributed by atoms with E-state index in [9.17, 15) is 14.4 Å². The van der Waals surface area contributed by atoms with Crippen molar-refractivity contribution in [2.45, 2.75) is 19.4 Å². The Morgan fingerprint density at radius 2 is 1.55 bits per heavy atom. The predicted molar refractivity (Wildman–Crippen MR) is 116 cm³/mol. The Morgan fingerprint density at radius 3 is 2.26 bits per heavy atom. The highest BCUT2D eigenvalue weighted by Crippen LogP contribution is 2.27. The average molecular weight is 415 g/mol. The van der Waals surface area contributed by atoms with Crippen molar-refractivity contribution in [3.8, 4) is 11.5 Å². The summed E-state index contributed by atoms with van der Waals surface area (Å²) in [4.78, 5) is 38.7. The van der Waals surface area contributed by atoms with Crippen LogP contribution in [0.5, 0.6) is 11.5 Å². The van der Waals surface area contributed by atoms with Gasteiger partial charge < -0.3 is 4.74 Å². The maximum atomic E-state index is 12.8. The number of aryl methyl sites for hydroxylation is 1. The summed E-state index contributed by atoms with van der Waals surface area (Å²) >= 11 is 0. The molecule has 2 N–H and O–H groups in total. The molecule has 0 aromatic heterocycles. The second-order valence-corrected chi connectivity index (χ2v) is 7.15. The van der Waals surface area contributed by atoms with E-state index in [0.717, 1.165) is 10.5 Å². The molecule has 7 nitrogen and oxygen atoms in total. The number of nitrogens with zero attached hydrogens (tertiary/aromatic N) is 1. The van der Waals surface area contributed by atoms with E-state index in [2.05, 4.69) is 10.9 Å². The monoisotopic (exact) mass is 415 g/mol. The lowest BCUT2D eigenvalue weighted by molar-refractivity contribution is -0.121. The van der Waals surface area contributed by atoms with Crippen molar-refractivity contribution in [2.24, 2.45) is 0 Å². The average Bonchev–Trinajstić information content (AvgIpc) is 3.07. The first-order valence-electron chi connectivity index (χ1n) is 9.84. The fourth-order valence-electron chi connectivity index (χ4n) is 3.35. The molecule has 0 radical (unpaired) electrons. The van der Waals surface area contributed by atoms with E-state index < -0.39 is 11.9 Å². The van der Waals surface area contributed by atoms with Crippen LogP contribution in [-0.4, -0.2) is 23.8 Å². The van der Waals surface area contributed by atoms with Crippen LogP contribution in [0.4, 0.5) is 5.69 Å². The van der Waals surface area contributed by atoms with Gasteiger partial charge in [-0.1, -0.05) is 36.4 Å². The van der Waals surface area contributed by atoms with Crippen molar-refractivity contribution in [2.75, 3.05) is 4.90 Å². The van der Waals surface area contributed by atoms with Crippen LogP contribution < -0.4 is 20.5 Å². The van der Waals surface area contributed by atoms with Crippen LogP contribution in [0.25, 0.3) is 0 Å². The lowest BCUT2D eigenvalue weighted by atomic mass is 10.1. The molecule has 1 fully saturated rings. The summed E-state index contributed by atoms with van der Waals surface area (Å²) in [7, 11) is 0. The van der Waals surface area contributed by atoms with Gasteiger partial charge in [0.2, 0.25) is 5.91 Å². The summed E-state index contributed by atoms with van der Waals surface area (Å²) in [5.41, 5.74) is 6.99. The zero-order valence-electron chi connectivity index (χ0n) is 16.9. The van der Waals surface area contributed by atoms with Crippen molar-refractivity contribution in [3.63, 3.8) is 0 Å². The largest absolute Gasteiger partial charge is 0.457 e. The van der Waals surface area contributed by atoms with Gasteiger partial charge >= 0.3 is 0 Å². The zero-order chi connectivity index (χ0) is 21.8. The van der Waals surface area contributed by atoms with Gasteiger partial charge in [0.1, 0.15) is 17.5 Å². The van der Waals surface area contributed by atoms with E-state index in [1.54, 1.807) is 36.4 Å². The van der Waals surface area contributed by atoms with Crippen molar-refractivity contribution in [1.82, 2.24) is 10.9 Å². The quantitative estimate of drug-likeness (QED) is 0.476. The first-order chi connectivity index (χ1) is 15.0. The van der Waals surface area contributed by atoms with Gasteiger partial charge in [-0.05, 0) is 55.0 Å². The minimum absolute atomic E-state index is 0.0465. The number of benzene rings is 3. The molecule has 0 spiro atoms. The van der Waals surface area contributed by atoms with Crippen molar-refractivity contribution in [1.29, 1.82) is 0 Å². The van der Waals surface area contributed by atoms with Gasteiger partial charge in [-0.25, -0.2) is 10.3 Å². The molecule has 1 saturated heterocycles. The van der Waals surface area contributed by atoms with Gasteiger partial charge in [0.05, 0.1) is 12.1 Å². The summed E-state index contributed by atoms with van der Waals surface area (Å²) in [6, 6.07) is 22.3. The molecule has 0 bridgehead atoms. The Morgan fingerprint density at radius 1 is 0.903 bits per heavy atom. The molecule has 3 amide bonds. The summed E-state index contributed by atoms with van der Waals surface area (Å²) < 4.78 is 5.74. The number of rotatable bonds is 6. The Hall–Kier alpha value is -3.97. The second-order valence-electron chi connectivity index (χ2n) is 7.15. The number of hydrogen-bond acceptors (Lipinski definition) is 5. The number of para-hydroxylation sites is 1. The molecule has 1 heterocycles. The SMILES string of the molecule is Cc1ccccc1C(=O)NNC1CC(=O)N(c2ccc(Oc3ccccc3)cc2)C1=O. The molecule has 3 aromatic carbocycles. The molecule has 4 rings (SSSR count). The summed E-state index contributed by atoms with van der Waals surface area (Å²) in [5, 5.41) is 0. The number of anilines is 1. The van der Waals surface area contributed by atoms with Gasteiger partial charge in [0.25, 0.3) is 11.8 Å². The van der Waals surface area contributed by atoms with Crippen LogP contribution in [0.3, 0.4) is 0 Å². The lowest BCUT2D eigenvalue weighted by Gasteiger charge is -2.16. The van der Waals surface area contributed by atoms with Crippen LogP contribution in [0, 0.1) is 6.92 Å². The molecule has 7 heteroatoms. The molecule has 1 atom stereocenters. The number of amides is 3. The highest BCUT2D eigenvalue weighted by Gasteiger charge is 2.39. The molecule has 0 aliphatic carbocycles. The van der Waals surface area contributed by atoms with Gasteiger partial charge in [-0.2, -0.15) is 0 Å². The number of ether oxygens (including phenoxy) is 1. The van der Waals surface area contributed by atoms with Crippen molar-refractivity contribution >= 4 is 23.4 Å². The van der Waals surface area contributed by atoms with Crippen molar-refractivity contribution in [3.05, 3.63) is 90.0 Å². The Kier molecular flexibility index (Phi) is 5.77. The van der Waals surface area contributed by atoms with Gasteiger partial charge in [-0.3, -0.25) is 19.8 Å². The summed E-state index contributed by atoms with van der Waals surface area (Å²) in [6.45, 7) is 1.83. The predicted octanol–water partition coefficient (Wildman–Crippen LogP) is 3.35. The first kappa shape index (κ1) is 20.3. The van der Waals surface area contributed by atoms with E-state index in [0.29, 0.717) is 22.7 Å². The molecule has 1 aliphatic rings. The third-order valence-corrected chi connectivity index (χ3v) is 4.97. The van der Waals surface area contributed by atoms with Gasteiger partial charge in [-0.15, -0.1) is 0 Å². The molecular formula is C24H21N3O4. The topological polar surface area (TPSA) is 87.7 Å². The number of carbonyl (C=O) groups is 3. The standard InChI is InChI=1S/C24H21N3O4/c1-16-7-5-6-10-20(16)23(29)26-25-21-15-22(28)27(24(21)30)17-11-13-19(14-12-17)31-18-8-3-2-4-9-18/h2-14,21,25H,15H2,1H3,(H,26,29). The van der Waals surface area contributed by atoms with Crippen LogP contribution in [-0.2, 0) is 9.59 Å². The number of hydrogen-bond donors (Lipinski definition) is 2. The molecule has 1 aliphatic heterocycles. The lowest BCUT2D eigenvalue weighted by Crippen LogP contribution is -2.48. The Balaban J connectivity index is 1.40. The third-order valence-electron chi connectivity index (χ3n) is 4.97. The minimum Gasteiger partial charge on any atom is -0.457 e. The van der Waals surface area contributed by atoms with Crippen molar-refractivity contribution < 1.29 is 19.1 Å². The van der Waals surface area contributed by atoms with E-state index >= 15 is 0 Å². The van der Waals surface area contributed by atoms with Crippen LogP contribution >= 0.6 is 0 Å². The smallest absolute Gasteiger partial charge is 0.265 e. The highest BCUT2D eigenvalue weighted by molar-refractivity contribution is 6.22. The number of nitrogens with one attached hydrogen (secondary N) is 2. The number of carbonyl (C=O) groups excluding carboxylic acids is 3. The van der Waals surface area contributed by atoms with Gasteiger partial charge in [0.15, 0.2) is 0 Å². The summed E-state index contributed by atoms with van der Waals surface area (Å²) in [6.07, 6.45) is -0.0465. The number of imide groups is 1. The van der Waals surface area contributed by atoms with E-state index in [-0.39, 0.29) is 18.2 Å². The first-order valence-corrected chi connectivity index (χ1v) is 9.84. The third kappa shape index (κ3) is 4.46. The zero-order valence-corrected chi connectivity index (χ0v) is 16.9. The fraction of sp³-hybridized carbons (Fsp3) is 0.125. The molecule has 0 saturated carbocycles. The normalized spacial score (nSPS) is 15.8. The van der Waals surface area contributed by atoms with E-state index in [1.807, 2.05) is 49.4 Å². The molecule has 1 unspecified atom stereocenters. The molecular weight excluding hydrogens is 394 g/mol. The Bertz CT molecular complexity index is 1110. The molecule has 156 valence electrons. The maximum absolute atomic E-state index is 12.8. The Labute approximate surface area is 179 Å². The van der Waals surface area contributed by atoms with Crippen LogP contribution in [0.1, 0.15) is 22.3 Å². The van der Waals surface area contributed by atoms with Gasteiger partial charge in [0, 0.05) is 5.56 Å².